The predicted octanol–water partition coefficient (Wildman–Crippen LogP) is 2.65. The molecule has 0 N–H and O–H groups in total. The number of sulfone groups is 1. The van der Waals surface area contributed by atoms with Gasteiger partial charge in [0.2, 0.25) is 0 Å². The lowest BCUT2D eigenvalue weighted by atomic mass is 9.97. The van der Waals surface area contributed by atoms with Gasteiger partial charge in [-0.05, 0) is 49.0 Å². The SMILES string of the molecule is Cc1cc([N+](=O)[O-])c(OC2CC2)cc1C1=CCS(=O)(=O)CC1. The predicted molar refractivity (Wildman–Crippen MR) is 82.7 cm³/mol. The van der Waals surface area contributed by atoms with E-state index < -0.39 is 14.8 Å². The lowest BCUT2D eigenvalue weighted by molar-refractivity contribution is -0.386. The summed E-state index contributed by atoms with van der Waals surface area (Å²) >= 11 is 0. The van der Waals surface area contributed by atoms with Crippen molar-refractivity contribution in [3.05, 3.63) is 39.4 Å². The average Bonchev–Trinajstić information content (AvgIpc) is 3.24. The Morgan fingerprint density at radius 2 is 2.05 bits per heavy atom. The van der Waals surface area contributed by atoms with Gasteiger partial charge >= 0.3 is 5.69 Å². The van der Waals surface area contributed by atoms with Crippen LogP contribution in [0.3, 0.4) is 0 Å². The van der Waals surface area contributed by atoms with Crippen LogP contribution in [-0.2, 0) is 9.84 Å². The molecule has 0 atom stereocenters. The summed E-state index contributed by atoms with van der Waals surface area (Å²) in [4.78, 5) is 10.7. The second kappa shape index (κ2) is 5.39. The maximum Gasteiger partial charge on any atom is 0.311 e. The van der Waals surface area contributed by atoms with Crippen molar-refractivity contribution in [1.29, 1.82) is 0 Å². The number of hydrogen-bond acceptors (Lipinski definition) is 5. The monoisotopic (exact) mass is 323 g/mol. The smallest absolute Gasteiger partial charge is 0.311 e. The molecule has 1 aliphatic heterocycles. The Morgan fingerprint density at radius 3 is 2.59 bits per heavy atom. The molecule has 1 aromatic carbocycles. The van der Waals surface area contributed by atoms with Crippen LogP contribution in [0, 0.1) is 17.0 Å². The van der Waals surface area contributed by atoms with Gasteiger partial charge < -0.3 is 4.74 Å². The third kappa shape index (κ3) is 3.14. The molecule has 0 aromatic heterocycles. The van der Waals surface area contributed by atoms with Crippen molar-refractivity contribution in [3.63, 3.8) is 0 Å². The Hall–Kier alpha value is -1.89. The lowest BCUT2D eigenvalue weighted by Crippen LogP contribution is -2.15. The highest BCUT2D eigenvalue weighted by atomic mass is 32.2. The zero-order chi connectivity index (χ0) is 15.9. The summed E-state index contributed by atoms with van der Waals surface area (Å²) in [5.74, 6) is 0.425. The van der Waals surface area contributed by atoms with Crippen LogP contribution in [0.2, 0.25) is 0 Å². The van der Waals surface area contributed by atoms with E-state index in [-0.39, 0.29) is 29.0 Å². The van der Waals surface area contributed by atoms with E-state index in [4.69, 9.17) is 4.74 Å². The zero-order valence-corrected chi connectivity index (χ0v) is 13.1. The van der Waals surface area contributed by atoms with Crippen LogP contribution in [0.4, 0.5) is 5.69 Å². The van der Waals surface area contributed by atoms with Gasteiger partial charge in [0.25, 0.3) is 0 Å². The Bertz CT molecular complexity index is 762. The van der Waals surface area contributed by atoms with E-state index in [0.29, 0.717) is 6.42 Å². The molecule has 1 aliphatic carbocycles. The zero-order valence-electron chi connectivity index (χ0n) is 12.2. The van der Waals surface area contributed by atoms with Crippen LogP contribution in [-0.4, -0.2) is 31.0 Å². The molecule has 0 spiro atoms. The van der Waals surface area contributed by atoms with Crippen molar-refractivity contribution in [2.45, 2.75) is 32.3 Å². The standard InChI is InChI=1S/C15H17NO5S/c1-10-8-14(16(17)18)15(21-12-2-3-12)9-13(10)11-4-6-22(19,20)7-5-11/h4,8-9,12H,2-3,5-7H2,1H3. The first-order chi connectivity index (χ1) is 10.4. The summed E-state index contributed by atoms with van der Waals surface area (Å²) in [5, 5.41) is 11.2. The largest absolute Gasteiger partial charge is 0.483 e. The molecule has 6 nitrogen and oxygen atoms in total. The van der Waals surface area contributed by atoms with Crippen LogP contribution in [0.1, 0.15) is 30.4 Å². The normalized spacial score (nSPS) is 20.3. The van der Waals surface area contributed by atoms with Crippen molar-refractivity contribution in [3.8, 4) is 5.75 Å². The Morgan fingerprint density at radius 1 is 1.32 bits per heavy atom. The minimum atomic E-state index is -2.99. The molecule has 118 valence electrons. The molecule has 1 saturated carbocycles. The first kappa shape index (κ1) is 15.0. The van der Waals surface area contributed by atoms with Crippen molar-refractivity contribution in [1.82, 2.24) is 0 Å². The first-order valence-corrected chi connectivity index (χ1v) is 9.03. The Balaban J connectivity index is 2.00. The van der Waals surface area contributed by atoms with Gasteiger partial charge in [0.1, 0.15) is 0 Å². The highest BCUT2D eigenvalue weighted by molar-refractivity contribution is 7.91. The number of nitro benzene ring substituents is 1. The second-order valence-corrected chi connectivity index (χ2v) is 8.03. The molecule has 1 fully saturated rings. The summed E-state index contributed by atoms with van der Waals surface area (Å²) in [6, 6.07) is 3.20. The van der Waals surface area contributed by atoms with Gasteiger partial charge in [-0.2, -0.15) is 0 Å². The number of allylic oxidation sites excluding steroid dienone is 1. The number of nitro groups is 1. The molecule has 7 heteroatoms. The highest BCUT2D eigenvalue weighted by Gasteiger charge is 2.29. The number of hydrogen-bond donors (Lipinski definition) is 0. The summed E-state index contributed by atoms with van der Waals surface area (Å²) in [7, 11) is -2.99. The van der Waals surface area contributed by atoms with E-state index in [1.54, 1.807) is 19.1 Å². The van der Waals surface area contributed by atoms with Crippen LogP contribution < -0.4 is 4.74 Å². The van der Waals surface area contributed by atoms with Crippen LogP contribution in [0.15, 0.2) is 18.2 Å². The number of benzene rings is 1. The Kier molecular flexibility index (Phi) is 3.68. The first-order valence-electron chi connectivity index (χ1n) is 7.21. The molecule has 22 heavy (non-hydrogen) atoms. The minimum absolute atomic E-state index is 0.0254. The van der Waals surface area contributed by atoms with E-state index in [1.165, 1.54) is 6.07 Å². The molecule has 1 heterocycles. The molecule has 2 aliphatic rings. The fourth-order valence-corrected chi connectivity index (χ4v) is 3.70. The third-order valence-corrected chi connectivity index (χ3v) is 5.43. The average molecular weight is 323 g/mol. The summed E-state index contributed by atoms with van der Waals surface area (Å²) in [6.45, 7) is 1.80. The molecule has 0 bridgehead atoms. The molecule has 0 radical (unpaired) electrons. The quantitative estimate of drug-likeness (QED) is 0.628. The number of ether oxygens (including phenoxy) is 1. The van der Waals surface area contributed by atoms with Gasteiger partial charge in [0, 0.05) is 6.07 Å². The van der Waals surface area contributed by atoms with Gasteiger partial charge in [0.05, 0.1) is 22.5 Å². The van der Waals surface area contributed by atoms with Gasteiger partial charge in [-0.3, -0.25) is 10.1 Å². The molecular formula is C15H17NO5S. The summed E-state index contributed by atoms with van der Waals surface area (Å²) in [6.07, 6.45) is 4.04. The van der Waals surface area contributed by atoms with E-state index in [1.807, 2.05) is 0 Å². The second-order valence-electron chi connectivity index (χ2n) is 5.80. The van der Waals surface area contributed by atoms with Crippen molar-refractivity contribution in [2.75, 3.05) is 11.5 Å². The van der Waals surface area contributed by atoms with Gasteiger partial charge in [0.15, 0.2) is 15.6 Å². The summed E-state index contributed by atoms with van der Waals surface area (Å²) < 4.78 is 28.7. The Labute approximate surface area is 128 Å². The van der Waals surface area contributed by atoms with Gasteiger partial charge in [-0.15, -0.1) is 0 Å². The lowest BCUT2D eigenvalue weighted by Gasteiger charge is -2.17. The molecule has 1 aromatic rings. The van der Waals surface area contributed by atoms with Gasteiger partial charge in [-0.25, -0.2) is 8.42 Å². The van der Waals surface area contributed by atoms with Crippen molar-refractivity contribution in [2.24, 2.45) is 0 Å². The third-order valence-electron chi connectivity index (χ3n) is 3.93. The topological polar surface area (TPSA) is 86.5 Å². The number of rotatable bonds is 4. The molecule has 3 rings (SSSR count). The van der Waals surface area contributed by atoms with E-state index >= 15 is 0 Å². The van der Waals surface area contributed by atoms with E-state index in [2.05, 4.69) is 0 Å². The fraction of sp³-hybridized carbons (Fsp3) is 0.467. The van der Waals surface area contributed by atoms with Crippen LogP contribution in [0.5, 0.6) is 5.75 Å². The minimum Gasteiger partial charge on any atom is -0.483 e. The molecule has 0 amide bonds. The van der Waals surface area contributed by atoms with Crippen LogP contribution in [0.25, 0.3) is 5.57 Å². The number of nitrogens with zero attached hydrogens (tertiary/aromatic N) is 1. The maximum atomic E-state index is 11.5. The van der Waals surface area contributed by atoms with Crippen LogP contribution >= 0.6 is 0 Å². The highest BCUT2D eigenvalue weighted by Crippen LogP contribution is 2.38. The van der Waals surface area contributed by atoms with E-state index in [0.717, 1.165) is 29.5 Å². The van der Waals surface area contributed by atoms with Crippen molar-refractivity contribution < 1.29 is 18.1 Å². The summed E-state index contributed by atoms with van der Waals surface area (Å²) in [5.41, 5.74) is 2.50. The van der Waals surface area contributed by atoms with E-state index in [9.17, 15) is 18.5 Å². The number of aryl methyl sites for hydroxylation is 1. The molecule has 0 unspecified atom stereocenters. The van der Waals surface area contributed by atoms with Gasteiger partial charge in [-0.1, -0.05) is 6.08 Å². The molecular weight excluding hydrogens is 306 g/mol. The van der Waals surface area contributed by atoms with Crippen molar-refractivity contribution >= 4 is 21.1 Å². The maximum absolute atomic E-state index is 11.5. The molecule has 0 saturated heterocycles. The fourth-order valence-electron chi connectivity index (χ4n) is 2.54.